The van der Waals surface area contributed by atoms with Crippen LogP contribution >= 0.6 is 11.6 Å². The molecule has 1 heterocycles. The number of carboxylic acids is 1. The van der Waals surface area contributed by atoms with E-state index in [0.29, 0.717) is 29.7 Å². The first-order valence-corrected chi connectivity index (χ1v) is 11.5. The summed E-state index contributed by atoms with van der Waals surface area (Å²) < 4.78 is 34.5. The fourth-order valence-corrected chi connectivity index (χ4v) is 4.61. The van der Waals surface area contributed by atoms with Crippen LogP contribution in [0.1, 0.15) is 29.2 Å². The van der Waals surface area contributed by atoms with Crippen LogP contribution in [-0.2, 0) is 35.4 Å². The second-order valence-electron chi connectivity index (χ2n) is 8.96. The molecule has 182 valence electrons. The Morgan fingerprint density at radius 1 is 1.09 bits per heavy atom. The largest absolute Gasteiger partial charge is 0.487 e. The molecule has 1 N–H and O–H groups in total. The van der Waals surface area contributed by atoms with Gasteiger partial charge in [-0.05, 0) is 47.9 Å². The summed E-state index contributed by atoms with van der Waals surface area (Å²) >= 11 is 6.07. The molecule has 5 nitrogen and oxygen atoms in total. The average Bonchev–Trinajstić information content (AvgIpc) is 3.12. The number of carbonyl (C=O) groups is 2. The first-order chi connectivity index (χ1) is 16.6. The van der Waals surface area contributed by atoms with Gasteiger partial charge >= 0.3 is 5.97 Å². The lowest BCUT2D eigenvalue weighted by molar-refractivity contribution is -0.144. The molecule has 1 amide bonds. The second-order valence-corrected chi connectivity index (χ2v) is 9.37. The minimum Gasteiger partial charge on any atom is -0.487 e. The first-order valence-electron chi connectivity index (χ1n) is 11.1. The predicted octanol–water partition coefficient (Wildman–Crippen LogP) is 5.21. The van der Waals surface area contributed by atoms with Gasteiger partial charge in [-0.2, -0.15) is 0 Å². The van der Waals surface area contributed by atoms with E-state index in [-0.39, 0.29) is 29.4 Å². The monoisotopic (exact) mass is 499 g/mol. The molecule has 1 unspecified atom stereocenters. The molecular formula is C27H24ClF2NO4. The lowest BCUT2D eigenvalue weighted by atomic mass is 9.91. The molecule has 0 spiro atoms. The maximum atomic E-state index is 14.2. The number of hydrogen-bond donors (Lipinski definition) is 1. The van der Waals surface area contributed by atoms with Crippen molar-refractivity contribution < 1.29 is 28.2 Å². The molecule has 8 heteroatoms. The number of benzene rings is 3. The Bertz CT molecular complexity index is 1260. The highest BCUT2D eigenvalue weighted by atomic mass is 35.5. The number of aliphatic carboxylic acids is 1. The topological polar surface area (TPSA) is 66.8 Å². The van der Waals surface area contributed by atoms with Gasteiger partial charge in [-0.1, -0.05) is 48.0 Å². The van der Waals surface area contributed by atoms with Crippen LogP contribution in [0, 0.1) is 11.6 Å². The van der Waals surface area contributed by atoms with Crippen LogP contribution in [0.2, 0.25) is 5.02 Å². The number of carbonyl (C=O) groups excluding carboxylic acids is 1. The van der Waals surface area contributed by atoms with Crippen molar-refractivity contribution in [2.75, 3.05) is 6.54 Å². The summed E-state index contributed by atoms with van der Waals surface area (Å²) in [4.78, 5) is 25.4. The number of halogens is 3. The summed E-state index contributed by atoms with van der Waals surface area (Å²) in [5.74, 6) is -1.91. The van der Waals surface area contributed by atoms with E-state index in [4.69, 9.17) is 16.3 Å². The number of amides is 1. The van der Waals surface area contributed by atoms with Crippen molar-refractivity contribution in [2.24, 2.45) is 0 Å². The van der Waals surface area contributed by atoms with Gasteiger partial charge in [0.1, 0.15) is 29.5 Å². The SMILES string of the molecule is CC1(Cc2ccccc2F)Cc2cc(CC(=O)N(CC(=O)O)Cc3c(F)cccc3Cl)ccc2O1. The van der Waals surface area contributed by atoms with E-state index in [9.17, 15) is 23.5 Å². The number of carboxylic acid groups (broad SMARTS) is 1. The van der Waals surface area contributed by atoms with Crippen molar-refractivity contribution in [3.63, 3.8) is 0 Å². The highest BCUT2D eigenvalue weighted by molar-refractivity contribution is 6.31. The third kappa shape index (κ3) is 5.80. The summed E-state index contributed by atoms with van der Waals surface area (Å²) in [6, 6.07) is 16.1. The van der Waals surface area contributed by atoms with Gasteiger partial charge in [0.2, 0.25) is 5.91 Å². The van der Waals surface area contributed by atoms with Gasteiger partial charge in [-0.3, -0.25) is 9.59 Å². The molecule has 35 heavy (non-hydrogen) atoms. The Hall–Kier alpha value is -3.45. The molecular weight excluding hydrogens is 476 g/mol. The molecule has 0 aliphatic carbocycles. The molecule has 0 aromatic heterocycles. The average molecular weight is 500 g/mol. The van der Waals surface area contributed by atoms with Crippen LogP contribution in [0.15, 0.2) is 60.7 Å². The van der Waals surface area contributed by atoms with Gasteiger partial charge in [0, 0.05) is 23.4 Å². The van der Waals surface area contributed by atoms with Gasteiger partial charge in [0.25, 0.3) is 0 Å². The summed E-state index contributed by atoms with van der Waals surface area (Å²) in [5.41, 5.74) is 1.55. The zero-order valence-corrected chi connectivity index (χ0v) is 19.8. The van der Waals surface area contributed by atoms with E-state index in [0.717, 1.165) is 10.5 Å². The molecule has 3 aromatic carbocycles. The number of rotatable bonds is 8. The Labute approximate surface area is 206 Å². The smallest absolute Gasteiger partial charge is 0.323 e. The van der Waals surface area contributed by atoms with Gasteiger partial charge in [-0.15, -0.1) is 0 Å². The van der Waals surface area contributed by atoms with Crippen LogP contribution in [0.4, 0.5) is 8.78 Å². The first kappa shape index (κ1) is 24.7. The van der Waals surface area contributed by atoms with E-state index in [1.54, 1.807) is 30.3 Å². The maximum absolute atomic E-state index is 14.2. The van der Waals surface area contributed by atoms with E-state index >= 15 is 0 Å². The molecule has 0 saturated heterocycles. The summed E-state index contributed by atoms with van der Waals surface area (Å²) in [5, 5.41) is 9.40. The van der Waals surface area contributed by atoms with Crippen LogP contribution < -0.4 is 4.74 Å². The van der Waals surface area contributed by atoms with E-state index < -0.39 is 29.8 Å². The van der Waals surface area contributed by atoms with Gasteiger partial charge in [0.15, 0.2) is 0 Å². The summed E-state index contributed by atoms with van der Waals surface area (Å²) in [6.07, 6.45) is 0.845. The predicted molar refractivity (Wildman–Crippen MR) is 127 cm³/mol. The lowest BCUT2D eigenvalue weighted by Crippen LogP contribution is -2.36. The van der Waals surface area contributed by atoms with E-state index in [2.05, 4.69) is 0 Å². The quantitative estimate of drug-likeness (QED) is 0.462. The number of fused-ring (bicyclic) bond motifs is 1. The fourth-order valence-electron chi connectivity index (χ4n) is 4.38. The lowest BCUT2D eigenvalue weighted by Gasteiger charge is -2.24. The van der Waals surface area contributed by atoms with Crippen LogP contribution in [0.25, 0.3) is 0 Å². The molecule has 0 saturated carbocycles. The van der Waals surface area contributed by atoms with Gasteiger partial charge in [0.05, 0.1) is 13.0 Å². The van der Waals surface area contributed by atoms with E-state index in [1.165, 1.54) is 24.3 Å². The third-order valence-corrected chi connectivity index (χ3v) is 6.37. The van der Waals surface area contributed by atoms with Crippen LogP contribution in [0.5, 0.6) is 5.75 Å². The zero-order chi connectivity index (χ0) is 25.2. The van der Waals surface area contributed by atoms with Crippen LogP contribution in [0.3, 0.4) is 0 Å². The molecule has 0 radical (unpaired) electrons. The molecule has 0 fully saturated rings. The van der Waals surface area contributed by atoms with E-state index in [1.807, 2.05) is 13.0 Å². The normalized spacial score (nSPS) is 16.5. The number of hydrogen-bond acceptors (Lipinski definition) is 3. The summed E-state index contributed by atoms with van der Waals surface area (Å²) in [7, 11) is 0. The molecule has 4 rings (SSSR count). The maximum Gasteiger partial charge on any atom is 0.323 e. The molecule has 0 bridgehead atoms. The highest BCUT2D eigenvalue weighted by Crippen LogP contribution is 2.38. The molecule has 1 aliphatic rings. The summed E-state index contributed by atoms with van der Waals surface area (Å²) in [6.45, 7) is 1.07. The second kappa shape index (κ2) is 10.0. The van der Waals surface area contributed by atoms with Crippen molar-refractivity contribution in [2.45, 2.75) is 38.3 Å². The Morgan fingerprint density at radius 3 is 2.54 bits per heavy atom. The van der Waals surface area contributed by atoms with Crippen molar-refractivity contribution in [3.8, 4) is 5.75 Å². The number of ether oxygens (including phenoxy) is 1. The standard InChI is InChI=1S/C27H24ClF2NO4/c1-27(13-18-5-2-3-7-22(18)29)14-19-11-17(9-10-24(19)35-27)12-25(32)31(16-26(33)34)15-20-21(28)6-4-8-23(20)30/h2-11H,12-16H2,1H3,(H,33,34). The minimum absolute atomic E-state index is 0.0648. The minimum atomic E-state index is -1.21. The van der Waals surface area contributed by atoms with Crippen molar-refractivity contribution in [1.29, 1.82) is 0 Å². The highest BCUT2D eigenvalue weighted by Gasteiger charge is 2.36. The van der Waals surface area contributed by atoms with Crippen molar-refractivity contribution in [1.82, 2.24) is 4.90 Å². The molecule has 1 aliphatic heterocycles. The third-order valence-electron chi connectivity index (χ3n) is 6.01. The Kier molecular flexibility index (Phi) is 7.08. The van der Waals surface area contributed by atoms with Crippen molar-refractivity contribution in [3.05, 3.63) is 99.6 Å². The molecule has 3 aromatic rings. The fraction of sp³-hybridized carbons (Fsp3) is 0.259. The number of nitrogens with zero attached hydrogens (tertiary/aromatic N) is 1. The molecule has 1 atom stereocenters. The Morgan fingerprint density at radius 2 is 1.83 bits per heavy atom. The Balaban J connectivity index is 1.49. The van der Waals surface area contributed by atoms with Gasteiger partial charge in [-0.25, -0.2) is 8.78 Å². The van der Waals surface area contributed by atoms with Crippen molar-refractivity contribution >= 4 is 23.5 Å². The van der Waals surface area contributed by atoms with Crippen LogP contribution in [-0.4, -0.2) is 34.0 Å². The van der Waals surface area contributed by atoms with Gasteiger partial charge < -0.3 is 14.7 Å². The zero-order valence-electron chi connectivity index (χ0n) is 19.1.